The Balaban J connectivity index is 0.000000130. The molecule has 5 aliphatic rings. The fraction of sp³-hybridized carbons (Fsp3) is 0.321. The number of nitrogens with zero attached hydrogens (tertiary/aromatic N) is 11. The van der Waals surface area contributed by atoms with Crippen LogP contribution in [0.5, 0.6) is 28.7 Å². The molecule has 5 N–H and O–H groups in total. The number of aliphatic hydroxyl groups excluding tert-OH is 1. The Morgan fingerprint density at radius 3 is 1.14 bits per heavy atom. The van der Waals surface area contributed by atoms with E-state index in [0.717, 1.165) is 169 Å². The van der Waals surface area contributed by atoms with Crippen molar-refractivity contribution >= 4 is 149 Å². The molecule has 5 aliphatic heterocycles. The molecule has 10 aromatic carbocycles. The number of fused-ring (bicyclic) bond motifs is 12. The molecule has 6 aromatic heterocycles. The number of hydrogen-bond donors (Lipinski definition) is 5. The number of H-pyrrole nitrogens is 4. The van der Waals surface area contributed by atoms with E-state index in [9.17, 15) is 24.3 Å². The van der Waals surface area contributed by atoms with Gasteiger partial charge in [0.1, 0.15) is 104 Å². The first kappa shape index (κ1) is 105. The van der Waals surface area contributed by atoms with Crippen LogP contribution in [0.1, 0.15) is 137 Å². The molecular formula is C112H114Cl7N15O14. The number of carbonyl (C=O) groups excluding carboxylic acids is 4. The van der Waals surface area contributed by atoms with Gasteiger partial charge < -0.3 is 67.7 Å². The molecule has 5 unspecified atom stereocenters. The summed E-state index contributed by atoms with van der Waals surface area (Å²) in [7, 11) is 0. The van der Waals surface area contributed by atoms with E-state index in [-0.39, 0.29) is 67.5 Å². The van der Waals surface area contributed by atoms with E-state index in [1.165, 1.54) is 29.3 Å². The van der Waals surface area contributed by atoms with Gasteiger partial charge in [-0.3, -0.25) is 33.9 Å². The second kappa shape index (κ2) is 49.3. The van der Waals surface area contributed by atoms with Crippen molar-refractivity contribution in [3.05, 3.63) is 348 Å². The van der Waals surface area contributed by atoms with E-state index in [0.29, 0.717) is 134 Å². The van der Waals surface area contributed by atoms with E-state index < -0.39 is 18.2 Å². The highest BCUT2D eigenvalue weighted by atomic mass is 35.5. The van der Waals surface area contributed by atoms with Gasteiger partial charge in [-0.2, -0.15) is 10.2 Å². The number of nitrogens with one attached hydrogen (secondary N) is 4. The van der Waals surface area contributed by atoms with Crippen LogP contribution in [0.2, 0.25) is 25.1 Å². The second-order valence-electron chi connectivity index (χ2n) is 37.8. The summed E-state index contributed by atoms with van der Waals surface area (Å²) >= 11 is 42.7. The Bertz CT molecular complexity index is 7150. The number of rotatable bonds is 29. The maximum absolute atomic E-state index is 13.5. The summed E-state index contributed by atoms with van der Waals surface area (Å²) < 4.78 is 55.1. The predicted molar refractivity (Wildman–Crippen MR) is 575 cm³/mol. The Morgan fingerprint density at radius 2 is 0.764 bits per heavy atom. The third-order valence-corrected chi connectivity index (χ3v) is 27.9. The van der Waals surface area contributed by atoms with E-state index in [4.69, 9.17) is 124 Å². The summed E-state index contributed by atoms with van der Waals surface area (Å²) in [6, 6.07) is 69.7. The maximum Gasteiger partial charge on any atom is 0.416 e. The Hall–Kier alpha value is -13.2. The summed E-state index contributed by atoms with van der Waals surface area (Å²) in [5.41, 5.74) is 17.2. The molecule has 0 bridgehead atoms. The Morgan fingerprint density at radius 1 is 0.405 bits per heavy atom. The van der Waals surface area contributed by atoms with Gasteiger partial charge in [-0.05, 0) is 233 Å². The van der Waals surface area contributed by atoms with Crippen molar-refractivity contribution in [1.29, 1.82) is 0 Å². The summed E-state index contributed by atoms with van der Waals surface area (Å²) in [6.45, 7) is 15.9. The normalized spacial score (nSPS) is 16.1. The van der Waals surface area contributed by atoms with Gasteiger partial charge in [0.05, 0.1) is 45.5 Å². The first-order valence-corrected chi connectivity index (χ1v) is 52.4. The minimum Gasteiger partial charge on any atom is -0.494 e. The molecule has 29 nitrogen and oxygen atoms in total. The lowest BCUT2D eigenvalue weighted by Gasteiger charge is -2.36. The quantitative estimate of drug-likeness (QED) is 0.0165. The van der Waals surface area contributed by atoms with Gasteiger partial charge in [0.25, 0.3) is 0 Å². The van der Waals surface area contributed by atoms with E-state index in [1.807, 2.05) is 205 Å². The number of benzene rings is 10. The van der Waals surface area contributed by atoms with Crippen LogP contribution < -0.4 is 23.7 Å². The average molecular weight is 2140 g/mol. The number of morpholine rings is 1. The number of alkyl halides is 2. The number of carbonyl (C=O) groups is 4. The van der Waals surface area contributed by atoms with Crippen molar-refractivity contribution < 1.29 is 66.9 Å². The average Bonchev–Trinajstić information content (AvgIpc) is 1.61. The zero-order valence-corrected chi connectivity index (χ0v) is 87.3. The van der Waals surface area contributed by atoms with Crippen molar-refractivity contribution in [3.8, 4) is 28.7 Å². The number of aliphatic hydroxyl groups is 1. The van der Waals surface area contributed by atoms with Gasteiger partial charge in [-0.1, -0.05) is 158 Å². The smallest absolute Gasteiger partial charge is 0.416 e. The molecule has 36 heteroatoms. The number of aromatic amines is 4. The van der Waals surface area contributed by atoms with Crippen LogP contribution in [0.15, 0.2) is 250 Å². The number of amides is 4. The first-order chi connectivity index (χ1) is 72.0. The third-order valence-electron chi connectivity index (χ3n) is 26.3. The second-order valence-corrected chi connectivity index (χ2v) is 40.7. The van der Waals surface area contributed by atoms with E-state index in [1.54, 1.807) is 61.0 Å². The van der Waals surface area contributed by atoms with Crippen molar-refractivity contribution in [2.75, 3.05) is 110 Å². The molecule has 5 atom stereocenters. The Labute approximate surface area is 891 Å². The number of aryl methyl sites for hydroxylation is 2. The minimum absolute atomic E-state index is 0.105. The molecule has 148 heavy (non-hydrogen) atoms. The van der Waals surface area contributed by atoms with Crippen LogP contribution in [-0.4, -0.2) is 220 Å². The van der Waals surface area contributed by atoms with Gasteiger partial charge >= 0.3 is 24.4 Å². The largest absolute Gasteiger partial charge is 0.494 e. The van der Waals surface area contributed by atoms with Crippen molar-refractivity contribution in [2.45, 2.75) is 116 Å². The van der Waals surface area contributed by atoms with Gasteiger partial charge in [-0.25, -0.2) is 29.1 Å². The predicted octanol–water partition coefficient (Wildman–Crippen LogP) is 24.0. The molecule has 11 heterocycles. The van der Waals surface area contributed by atoms with Crippen LogP contribution in [0.3, 0.4) is 0 Å². The summed E-state index contributed by atoms with van der Waals surface area (Å²) in [6.07, 6.45) is 9.56. The summed E-state index contributed by atoms with van der Waals surface area (Å²) in [5, 5.41) is 26.3. The standard InChI is InChI=1S/C31H31Cl2N3O5.C30H28ClN5O3.C26H30Cl2N2O3.C25H25Cl2N5O3/c32-21-3-8-25(9-4-21)41-31(38)36-12-11-26-27-17-22(33)5-10-28(27)34-29(26)30(36)20-1-6-24(7-2-20)40-19-23(37)18-35-13-15-39-16-14-35;31-23-9-12-27-26(17-23)25-13-15-36(30(37)39-18-21-5-2-1-3-6-21)29(28(25)34-27)22-7-10-24(11-8-22)38-16-4-14-35-20-32-19-33-35;1-26(2,3)16-33-25(31)30-13-11-20-21-15-18(28)7-10-22(21)29-23(20)24(30)17-5-8-19(9-6-17)32-14-4-12-27;26-9-13-35-25(33)32-11-8-20-21-14-18(27)4-7-22(21)30-23(20)24(32)17-2-5-19(6-3-17)34-12-1-10-31-16-28-15-29-31/h1-10,17,23,30,34,37H,11-16,18-19H2;1-3,5-12,17,19-20,29,34H,4,13-16,18H2;5-10,15,24,29H,4,11-14,16H2,1-3H3;2-7,14-16,24,30H,1,8-13H2. The van der Waals surface area contributed by atoms with Crippen LogP contribution in [-0.2, 0) is 64.3 Å². The summed E-state index contributed by atoms with van der Waals surface area (Å²) in [5.74, 6) is 4.21. The van der Waals surface area contributed by atoms with Crippen molar-refractivity contribution in [2.24, 2.45) is 5.41 Å². The monoisotopic (exact) mass is 2140 g/mol. The number of halogens is 7. The first-order valence-electron chi connectivity index (χ1n) is 49.4. The molecule has 1 fully saturated rings. The van der Waals surface area contributed by atoms with Crippen LogP contribution in [0.4, 0.5) is 19.2 Å². The lowest BCUT2D eigenvalue weighted by Crippen LogP contribution is -2.42. The van der Waals surface area contributed by atoms with Gasteiger partial charge in [0, 0.05) is 169 Å². The molecule has 0 spiro atoms. The topological polar surface area (TPSA) is 312 Å². The number of β-amino-alcohol motifs (C(OH)–C–C–N with tert-alkyl or cyclic N) is 1. The number of hydrogen-bond acceptors (Lipinski definition) is 19. The zero-order chi connectivity index (χ0) is 103. The van der Waals surface area contributed by atoms with Crippen molar-refractivity contribution in [1.82, 2.24) is 74.0 Å². The highest BCUT2D eigenvalue weighted by molar-refractivity contribution is 6.33. The molecule has 1 saturated heterocycles. The van der Waals surface area contributed by atoms with Gasteiger partial charge in [0.2, 0.25) is 0 Å². The molecule has 0 radical (unpaired) electrons. The number of ether oxygens (including phenoxy) is 9. The fourth-order valence-electron chi connectivity index (χ4n) is 19.3. The molecule has 770 valence electrons. The van der Waals surface area contributed by atoms with E-state index in [2.05, 4.69) is 65.8 Å². The molecule has 21 rings (SSSR count). The zero-order valence-electron chi connectivity index (χ0n) is 82.0. The minimum atomic E-state index is -0.606. The molecule has 0 saturated carbocycles. The molecule has 16 aromatic rings. The molecule has 4 amide bonds. The fourth-order valence-corrected chi connectivity index (χ4v) is 20.3. The maximum atomic E-state index is 13.5. The van der Waals surface area contributed by atoms with Crippen LogP contribution in [0, 0.1) is 5.41 Å². The van der Waals surface area contributed by atoms with Gasteiger partial charge in [-0.15, -0.1) is 23.2 Å². The lowest BCUT2D eigenvalue weighted by atomic mass is 9.92. The van der Waals surface area contributed by atoms with E-state index >= 15 is 0 Å². The molecular weight excluding hydrogens is 2030 g/mol. The highest BCUT2D eigenvalue weighted by Gasteiger charge is 2.42. The highest BCUT2D eigenvalue weighted by Crippen LogP contribution is 2.46. The Kier molecular flexibility index (Phi) is 34.9. The summed E-state index contributed by atoms with van der Waals surface area (Å²) in [4.78, 5) is 84.4. The number of aromatic nitrogens is 10. The SMILES string of the molecule is CC(C)(C)COC(=O)N1CCc2c([nH]c3ccc(Cl)cc23)C1c1ccc(OCCCCl)cc1.O=C(OCCCl)N1CCc2c([nH]c3ccc(Cl)cc23)C1c1ccc(OCCCn2cncn2)cc1.O=C(OCc1ccccc1)N1CCc2c([nH]c3ccc(Cl)cc23)C1c1ccc(OCCCn2cncn2)cc1.O=C(Oc1ccc(Cl)cc1)N1CCc2c([nH]c3ccc(Cl)cc23)C1c1ccc(OCC(O)CN2CCOCC2)cc1. The lowest BCUT2D eigenvalue weighted by molar-refractivity contribution is 0.00464. The van der Waals surface area contributed by atoms with Crippen LogP contribution >= 0.6 is 81.2 Å². The van der Waals surface area contributed by atoms with Gasteiger partial charge in [0.15, 0.2) is 0 Å². The third kappa shape index (κ3) is 26.0. The van der Waals surface area contributed by atoms with Crippen LogP contribution in [0.25, 0.3) is 43.6 Å². The molecule has 0 aliphatic carbocycles. The van der Waals surface area contributed by atoms with Crippen molar-refractivity contribution in [3.63, 3.8) is 0 Å².